The summed E-state index contributed by atoms with van der Waals surface area (Å²) in [4.78, 5) is 12.1. The molecule has 2 aromatic rings. The molecule has 0 aliphatic heterocycles. The van der Waals surface area contributed by atoms with Gasteiger partial charge in [-0.1, -0.05) is 23.7 Å². The second kappa shape index (κ2) is 5.29. The summed E-state index contributed by atoms with van der Waals surface area (Å²) in [5, 5.41) is 7.78. The maximum atomic E-state index is 12.1. The van der Waals surface area contributed by atoms with Crippen LogP contribution in [0.25, 0.3) is 0 Å². The van der Waals surface area contributed by atoms with Crippen molar-refractivity contribution in [3.8, 4) is 0 Å². The number of aromatic nitrogens is 2. The summed E-state index contributed by atoms with van der Waals surface area (Å²) in [6, 6.07) is 9.66. The second-order valence-corrected chi connectivity index (χ2v) is 5.60. The lowest BCUT2D eigenvalue weighted by molar-refractivity contribution is -0.122. The maximum absolute atomic E-state index is 12.1. The Hall–Kier alpha value is -1.81. The van der Waals surface area contributed by atoms with Crippen LogP contribution in [0.2, 0.25) is 5.02 Å². The van der Waals surface area contributed by atoms with Crippen LogP contribution in [-0.2, 0) is 18.4 Å². The van der Waals surface area contributed by atoms with E-state index in [-0.39, 0.29) is 11.8 Å². The van der Waals surface area contributed by atoms with E-state index < -0.39 is 0 Å². The van der Waals surface area contributed by atoms with Gasteiger partial charge in [0, 0.05) is 24.2 Å². The van der Waals surface area contributed by atoms with Gasteiger partial charge >= 0.3 is 0 Å². The fourth-order valence-corrected chi connectivity index (χ4v) is 2.57. The van der Waals surface area contributed by atoms with Crippen molar-refractivity contribution in [2.24, 2.45) is 13.0 Å². The first-order chi connectivity index (χ1) is 9.65. The highest BCUT2D eigenvalue weighted by Gasteiger charge is 2.43. The second-order valence-electron chi connectivity index (χ2n) is 5.16. The molecule has 1 fully saturated rings. The molecular formula is C15H16ClN3O. The highest BCUT2D eigenvalue weighted by Crippen LogP contribution is 2.47. The lowest BCUT2D eigenvalue weighted by atomic mass is 10.1. The van der Waals surface area contributed by atoms with E-state index in [2.05, 4.69) is 10.4 Å². The Kier molecular flexibility index (Phi) is 3.49. The molecule has 1 heterocycles. The molecule has 20 heavy (non-hydrogen) atoms. The molecule has 4 nitrogen and oxygen atoms in total. The van der Waals surface area contributed by atoms with Gasteiger partial charge in [-0.05, 0) is 36.1 Å². The molecule has 1 aromatic heterocycles. The van der Waals surface area contributed by atoms with E-state index in [1.54, 1.807) is 10.9 Å². The van der Waals surface area contributed by atoms with E-state index in [0.29, 0.717) is 12.5 Å². The van der Waals surface area contributed by atoms with Gasteiger partial charge in [-0.15, -0.1) is 0 Å². The average molecular weight is 290 g/mol. The molecule has 5 heteroatoms. The van der Waals surface area contributed by atoms with E-state index in [0.717, 1.165) is 17.1 Å². The first-order valence-electron chi connectivity index (χ1n) is 6.65. The van der Waals surface area contributed by atoms with Crippen molar-refractivity contribution in [1.82, 2.24) is 15.1 Å². The third-order valence-electron chi connectivity index (χ3n) is 3.79. The van der Waals surface area contributed by atoms with Crippen molar-refractivity contribution in [3.05, 3.63) is 52.8 Å². The molecule has 1 aliphatic rings. The van der Waals surface area contributed by atoms with Crippen LogP contribution in [-0.4, -0.2) is 15.7 Å². The van der Waals surface area contributed by atoms with Crippen molar-refractivity contribution >= 4 is 17.5 Å². The minimum Gasteiger partial charge on any atom is -0.350 e. The predicted octanol–water partition coefficient (Wildman–Crippen LogP) is 2.49. The number of carbonyl (C=O) groups is 1. The maximum Gasteiger partial charge on any atom is 0.224 e. The minimum absolute atomic E-state index is 0.0874. The Morgan fingerprint density at radius 2 is 2.15 bits per heavy atom. The molecule has 0 spiro atoms. The van der Waals surface area contributed by atoms with Gasteiger partial charge in [-0.2, -0.15) is 5.10 Å². The number of carbonyl (C=O) groups excluding carboxylic acids is 1. The minimum atomic E-state index is 0.0874. The number of hydrogen-bond donors (Lipinski definition) is 1. The lowest BCUT2D eigenvalue weighted by Gasteiger charge is -2.05. The molecule has 1 aromatic carbocycles. The quantitative estimate of drug-likeness (QED) is 0.940. The standard InChI is InChI=1S/C15H16ClN3O/c1-19-12(6-7-18-19)9-17-15(20)14-8-13(14)10-2-4-11(16)5-3-10/h2-7,13-14H,8-9H2,1H3,(H,17,20)/t13-,14+/m1/s1. The fourth-order valence-electron chi connectivity index (χ4n) is 2.45. The zero-order valence-electron chi connectivity index (χ0n) is 11.2. The zero-order chi connectivity index (χ0) is 14.1. The topological polar surface area (TPSA) is 46.9 Å². The molecule has 1 N–H and O–H groups in total. The molecular weight excluding hydrogens is 274 g/mol. The van der Waals surface area contributed by atoms with Gasteiger partial charge in [0.1, 0.15) is 0 Å². The number of nitrogens with zero attached hydrogens (tertiary/aromatic N) is 2. The van der Waals surface area contributed by atoms with Crippen LogP contribution < -0.4 is 5.32 Å². The fraction of sp³-hybridized carbons (Fsp3) is 0.333. The summed E-state index contributed by atoms with van der Waals surface area (Å²) in [5.74, 6) is 0.536. The normalized spacial score (nSPS) is 20.7. The van der Waals surface area contributed by atoms with E-state index in [1.807, 2.05) is 37.4 Å². The van der Waals surface area contributed by atoms with Gasteiger partial charge < -0.3 is 5.32 Å². The molecule has 0 radical (unpaired) electrons. The first-order valence-corrected chi connectivity index (χ1v) is 7.03. The summed E-state index contributed by atoms with van der Waals surface area (Å²) in [5.41, 5.74) is 2.19. The number of rotatable bonds is 4. The average Bonchev–Trinajstić information content (AvgIpc) is 3.14. The SMILES string of the molecule is Cn1nccc1CNC(=O)[C@H]1C[C@@H]1c1ccc(Cl)cc1. The number of halogens is 1. The molecule has 3 rings (SSSR count). The Morgan fingerprint density at radius 1 is 1.40 bits per heavy atom. The van der Waals surface area contributed by atoms with Gasteiger partial charge in [-0.25, -0.2) is 0 Å². The predicted molar refractivity (Wildman–Crippen MR) is 77.4 cm³/mol. The van der Waals surface area contributed by atoms with Crippen LogP contribution in [0.15, 0.2) is 36.5 Å². The van der Waals surface area contributed by atoms with Crippen LogP contribution in [0.4, 0.5) is 0 Å². The Bertz CT molecular complexity index is 620. The summed E-state index contributed by atoms with van der Waals surface area (Å²) in [7, 11) is 1.87. The Labute approximate surface area is 122 Å². The highest BCUT2D eigenvalue weighted by atomic mass is 35.5. The van der Waals surface area contributed by atoms with Gasteiger partial charge in [-0.3, -0.25) is 9.48 Å². The molecule has 104 valence electrons. The third kappa shape index (κ3) is 2.70. The summed E-state index contributed by atoms with van der Waals surface area (Å²) in [6.45, 7) is 0.527. The molecule has 1 aliphatic carbocycles. The van der Waals surface area contributed by atoms with Crippen LogP contribution in [0.3, 0.4) is 0 Å². The van der Waals surface area contributed by atoms with Crippen LogP contribution >= 0.6 is 11.6 Å². The van der Waals surface area contributed by atoms with Crippen LogP contribution in [0.5, 0.6) is 0 Å². The third-order valence-corrected chi connectivity index (χ3v) is 4.04. The number of benzene rings is 1. The number of aryl methyl sites for hydroxylation is 1. The zero-order valence-corrected chi connectivity index (χ0v) is 12.0. The summed E-state index contributed by atoms with van der Waals surface area (Å²) < 4.78 is 1.77. The van der Waals surface area contributed by atoms with Crippen molar-refractivity contribution < 1.29 is 4.79 Å². The monoisotopic (exact) mass is 289 g/mol. The van der Waals surface area contributed by atoms with E-state index in [1.165, 1.54) is 5.56 Å². The van der Waals surface area contributed by atoms with Crippen molar-refractivity contribution in [2.45, 2.75) is 18.9 Å². The van der Waals surface area contributed by atoms with E-state index in [4.69, 9.17) is 11.6 Å². The smallest absolute Gasteiger partial charge is 0.224 e. The summed E-state index contributed by atoms with van der Waals surface area (Å²) in [6.07, 6.45) is 2.65. The highest BCUT2D eigenvalue weighted by molar-refractivity contribution is 6.30. The van der Waals surface area contributed by atoms with Crippen LogP contribution in [0.1, 0.15) is 23.6 Å². The van der Waals surface area contributed by atoms with Gasteiger partial charge in [0.15, 0.2) is 0 Å². The molecule has 0 unspecified atom stereocenters. The molecule has 0 saturated heterocycles. The molecule has 2 atom stereocenters. The number of nitrogens with one attached hydrogen (secondary N) is 1. The van der Waals surface area contributed by atoms with Crippen molar-refractivity contribution in [3.63, 3.8) is 0 Å². The van der Waals surface area contributed by atoms with Gasteiger partial charge in [0.25, 0.3) is 0 Å². The Balaban J connectivity index is 1.55. The van der Waals surface area contributed by atoms with Crippen LogP contribution in [0, 0.1) is 5.92 Å². The number of amides is 1. The molecule has 0 bridgehead atoms. The van der Waals surface area contributed by atoms with Crippen molar-refractivity contribution in [1.29, 1.82) is 0 Å². The van der Waals surface area contributed by atoms with Gasteiger partial charge in [0.2, 0.25) is 5.91 Å². The Morgan fingerprint density at radius 3 is 2.80 bits per heavy atom. The van der Waals surface area contributed by atoms with Gasteiger partial charge in [0.05, 0.1) is 12.2 Å². The van der Waals surface area contributed by atoms with E-state index >= 15 is 0 Å². The first kappa shape index (κ1) is 13.2. The molecule has 1 saturated carbocycles. The largest absolute Gasteiger partial charge is 0.350 e. The number of hydrogen-bond acceptors (Lipinski definition) is 2. The summed E-state index contributed by atoms with van der Waals surface area (Å²) >= 11 is 5.87. The molecule has 1 amide bonds. The lowest BCUT2D eigenvalue weighted by Crippen LogP contribution is -2.25. The van der Waals surface area contributed by atoms with E-state index in [9.17, 15) is 4.79 Å². The van der Waals surface area contributed by atoms with Crippen molar-refractivity contribution in [2.75, 3.05) is 0 Å².